The zero-order valence-electron chi connectivity index (χ0n) is 15.4. The number of thioether (sulfide) groups is 1. The van der Waals surface area contributed by atoms with Crippen LogP contribution in [0, 0.1) is 0 Å². The van der Waals surface area contributed by atoms with Crippen LogP contribution in [-0.4, -0.2) is 48.3 Å². The standard InChI is InChI=1S/C21H24N4S/c1-25(2)15-14-22-21-18-6-4-5-7-19(18)23-20(24-21)13-10-16-8-11-17(26-3)12-9-16/h4-13H,14-15H2,1-3H3,(H,22,23,24). The number of likely N-dealkylation sites (N-methyl/N-ethyl adjacent to an activating group) is 1. The van der Waals surface area contributed by atoms with E-state index in [1.54, 1.807) is 11.8 Å². The summed E-state index contributed by atoms with van der Waals surface area (Å²) in [5.41, 5.74) is 2.09. The Bertz CT molecular complexity index is 888. The summed E-state index contributed by atoms with van der Waals surface area (Å²) in [5, 5.41) is 4.49. The topological polar surface area (TPSA) is 41.1 Å². The number of nitrogens with zero attached hydrogens (tertiary/aromatic N) is 3. The fourth-order valence-electron chi connectivity index (χ4n) is 2.59. The van der Waals surface area contributed by atoms with Gasteiger partial charge in [-0.1, -0.05) is 30.3 Å². The van der Waals surface area contributed by atoms with E-state index in [9.17, 15) is 0 Å². The van der Waals surface area contributed by atoms with Gasteiger partial charge in [-0.2, -0.15) is 0 Å². The second-order valence-corrected chi connectivity index (χ2v) is 7.16. The van der Waals surface area contributed by atoms with E-state index in [0.717, 1.165) is 35.4 Å². The van der Waals surface area contributed by atoms with Gasteiger partial charge in [0.1, 0.15) is 5.82 Å². The van der Waals surface area contributed by atoms with Gasteiger partial charge >= 0.3 is 0 Å². The predicted octanol–water partition coefficient (Wildman–Crippen LogP) is 4.50. The normalized spacial score (nSPS) is 11.5. The van der Waals surface area contributed by atoms with Crippen LogP contribution in [0.5, 0.6) is 0 Å². The maximum absolute atomic E-state index is 4.71. The lowest BCUT2D eigenvalue weighted by Gasteiger charge is -2.12. The highest BCUT2D eigenvalue weighted by atomic mass is 32.2. The number of hydrogen-bond acceptors (Lipinski definition) is 5. The Morgan fingerprint density at radius 1 is 1.00 bits per heavy atom. The van der Waals surface area contributed by atoms with E-state index in [1.165, 1.54) is 4.90 Å². The van der Waals surface area contributed by atoms with E-state index in [4.69, 9.17) is 4.98 Å². The number of rotatable bonds is 7. The number of para-hydroxylation sites is 1. The third kappa shape index (κ3) is 4.84. The maximum Gasteiger partial charge on any atom is 0.154 e. The molecule has 26 heavy (non-hydrogen) atoms. The summed E-state index contributed by atoms with van der Waals surface area (Å²) < 4.78 is 0. The second-order valence-electron chi connectivity index (χ2n) is 6.28. The van der Waals surface area contributed by atoms with Crippen LogP contribution in [0.1, 0.15) is 11.4 Å². The molecule has 134 valence electrons. The van der Waals surface area contributed by atoms with Crippen LogP contribution < -0.4 is 5.32 Å². The molecule has 0 spiro atoms. The Kier molecular flexibility index (Phi) is 6.26. The average molecular weight is 365 g/mol. The highest BCUT2D eigenvalue weighted by molar-refractivity contribution is 7.98. The third-order valence-electron chi connectivity index (χ3n) is 4.01. The van der Waals surface area contributed by atoms with E-state index < -0.39 is 0 Å². The van der Waals surface area contributed by atoms with Crippen LogP contribution in [0.15, 0.2) is 53.4 Å². The molecular formula is C21H24N4S. The van der Waals surface area contributed by atoms with Crippen LogP contribution in [0.25, 0.3) is 23.1 Å². The first kappa shape index (κ1) is 18.4. The summed E-state index contributed by atoms with van der Waals surface area (Å²) in [4.78, 5) is 12.8. The largest absolute Gasteiger partial charge is 0.368 e. The maximum atomic E-state index is 4.71. The fourth-order valence-corrected chi connectivity index (χ4v) is 3.00. The monoisotopic (exact) mass is 364 g/mol. The van der Waals surface area contributed by atoms with Crippen molar-refractivity contribution in [2.45, 2.75) is 4.90 Å². The lowest BCUT2D eigenvalue weighted by atomic mass is 10.2. The van der Waals surface area contributed by atoms with Crippen LogP contribution in [0.2, 0.25) is 0 Å². The first-order chi connectivity index (χ1) is 12.7. The number of hydrogen-bond donors (Lipinski definition) is 1. The van der Waals surface area contributed by atoms with Crippen molar-refractivity contribution in [2.75, 3.05) is 38.8 Å². The van der Waals surface area contributed by atoms with Gasteiger partial charge < -0.3 is 10.2 Å². The Morgan fingerprint density at radius 2 is 1.77 bits per heavy atom. The first-order valence-electron chi connectivity index (χ1n) is 8.63. The minimum atomic E-state index is 0.713. The van der Waals surface area contributed by atoms with E-state index in [2.05, 4.69) is 72.0 Å². The molecule has 0 amide bonds. The Morgan fingerprint density at radius 3 is 2.50 bits per heavy atom. The molecule has 0 atom stereocenters. The smallest absolute Gasteiger partial charge is 0.154 e. The average Bonchev–Trinajstić information content (AvgIpc) is 2.66. The van der Waals surface area contributed by atoms with Crippen molar-refractivity contribution < 1.29 is 0 Å². The summed E-state index contributed by atoms with van der Waals surface area (Å²) in [6.45, 7) is 1.79. The van der Waals surface area contributed by atoms with Gasteiger partial charge in [0.15, 0.2) is 5.82 Å². The molecule has 1 heterocycles. The van der Waals surface area contributed by atoms with Crippen molar-refractivity contribution in [3.63, 3.8) is 0 Å². The van der Waals surface area contributed by atoms with Crippen molar-refractivity contribution in [3.8, 4) is 0 Å². The minimum absolute atomic E-state index is 0.713. The van der Waals surface area contributed by atoms with Crippen LogP contribution in [0.4, 0.5) is 5.82 Å². The fraction of sp³-hybridized carbons (Fsp3) is 0.238. The summed E-state index contributed by atoms with van der Waals surface area (Å²) in [6.07, 6.45) is 6.11. The quantitative estimate of drug-likeness (QED) is 0.625. The SMILES string of the molecule is CSc1ccc(C=Cc2nc(NCCN(C)C)c3ccccc3n2)cc1. The van der Waals surface area contributed by atoms with Gasteiger partial charge in [0.25, 0.3) is 0 Å². The molecule has 0 aliphatic heterocycles. The molecule has 3 aromatic rings. The number of benzene rings is 2. The summed E-state index contributed by atoms with van der Waals surface area (Å²) >= 11 is 1.74. The van der Waals surface area contributed by atoms with Crippen molar-refractivity contribution in [2.24, 2.45) is 0 Å². The van der Waals surface area contributed by atoms with Gasteiger partial charge in [-0.05, 0) is 56.3 Å². The van der Waals surface area contributed by atoms with Crippen molar-refractivity contribution in [3.05, 3.63) is 59.9 Å². The summed E-state index contributed by atoms with van der Waals surface area (Å²) in [5.74, 6) is 1.60. The van der Waals surface area contributed by atoms with Crippen LogP contribution in [-0.2, 0) is 0 Å². The Hall–Kier alpha value is -2.37. The molecule has 2 aromatic carbocycles. The molecule has 1 N–H and O–H groups in total. The first-order valence-corrected chi connectivity index (χ1v) is 9.86. The van der Waals surface area contributed by atoms with Gasteiger partial charge in [0, 0.05) is 23.4 Å². The van der Waals surface area contributed by atoms with Crippen molar-refractivity contribution >= 4 is 40.6 Å². The number of aromatic nitrogens is 2. The molecule has 4 nitrogen and oxygen atoms in total. The second kappa shape index (κ2) is 8.83. The molecule has 0 aliphatic carbocycles. The van der Waals surface area contributed by atoms with Gasteiger partial charge in [-0.25, -0.2) is 9.97 Å². The van der Waals surface area contributed by atoms with E-state index >= 15 is 0 Å². The molecule has 5 heteroatoms. The van der Waals surface area contributed by atoms with Gasteiger partial charge in [0.2, 0.25) is 0 Å². The highest BCUT2D eigenvalue weighted by Gasteiger charge is 2.05. The zero-order chi connectivity index (χ0) is 18.4. The van der Waals surface area contributed by atoms with E-state index in [1.807, 2.05) is 24.3 Å². The summed E-state index contributed by atoms with van der Waals surface area (Å²) in [7, 11) is 4.13. The third-order valence-corrected chi connectivity index (χ3v) is 4.76. The lowest BCUT2D eigenvalue weighted by Crippen LogP contribution is -2.21. The molecule has 0 radical (unpaired) electrons. The van der Waals surface area contributed by atoms with Crippen molar-refractivity contribution in [1.82, 2.24) is 14.9 Å². The molecular weight excluding hydrogens is 340 g/mol. The van der Waals surface area contributed by atoms with Crippen molar-refractivity contribution in [1.29, 1.82) is 0 Å². The van der Waals surface area contributed by atoms with Gasteiger partial charge in [-0.3, -0.25) is 0 Å². The minimum Gasteiger partial charge on any atom is -0.368 e. The molecule has 0 fully saturated rings. The van der Waals surface area contributed by atoms with E-state index in [0.29, 0.717) is 5.82 Å². The Labute approximate surface area is 159 Å². The molecule has 0 aliphatic rings. The van der Waals surface area contributed by atoms with Gasteiger partial charge in [0.05, 0.1) is 5.52 Å². The highest BCUT2D eigenvalue weighted by Crippen LogP contribution is 2.21. The molecule has 3 rings (SSSR count). The molecule has 0 unspecified atom stereocenters. The molecule has 0 bridgehead atoms. The number of nitrogens with one attached hydrogen (secondary N) is 1. The van der Waals surface area contributed by atoms with Crippen LogP contribution >= 0.6 is 11.8 Å². The van der Waals surface area contributed by atoms with Crippen LogP contribution in [0.3, 0.4) is 0 Å². The lowest BCUT2D eigenvalue weighted by molar-refractivity contribution is 0.425. The van der Waals surface area contributed by atoms with E-state index in [-0.39, 0.29) is 0 Å². The van der Waals surface area contributed by atoms with Gasteiger partial charge in [-0.15, -0.1) is 11.8 Å². The predicted molar refractivity (Wildman–Crippen MR) is 114 cm³/mol. The number of anilines is 1. The summed E-state index contributed by atoms with van der Waals surface area (Å²) in [6, 6.07) is 16.6. The number of fused-ring (bicyclic) bond motifs is 1. The molecule has 0 saturated heterocycles. The molecule has 0 saturated carbocycles. The zero-order valence-corrected chi connectivity index (χ0v) is 16.3. The Balaban J connectivity index is 1.86. The molecule has 1 aromatic heterocycles.